The molecular weight excluding hydrogens is 396 g/mol. The van der Waals surface area contributed by atoms with E-state index in [4.69, 9.17) is 0 Å². The van der Waals surface area contributed by atoms with E-state index in [0.717, 1.165) is 37.8 Å². The predicted molar refractivity (Wildman–Crippen MR) is 81.1 cm³/mol. The number of nitrogens with one attached hydrogen (secondary N) is 1. The standard InChI is InChI=1S/C14H15Br2F2NO/c15-9-3-1-8(2-4-9)7-19-14(20)13-11(17)5-10(16)6-12(13)18/h5-6,8-9H,1-4,7H2,(H,19,20). The average molecular weight is 411 g/mol. The molecule has 0 bridgehead atoms. The Kier molecular flexibility index (Phi) is 5.55. The lowest BCUT2D eigenvalue weighted by molar-refractivity contribution is 0.0935. The minimum absolute atomic E-state index is 0.277. The number of benzene rings is 1. The highest BCUT2D eigenvalue weighted by Gasteiger charge is 2.22. The van der Waals surface area contributed by atoms with E-state index in [1.165, 1.54) is 0 Å². The number of hydrogen-bond acceptors (Lipinski definition) is 1. The van der Waals surface area contributed by atoms with Gasteiger partial charge in [0, 0.05) is 15.8 Å². The Morgan fingerprint density at radius 3 is 2.30 bits per heavy atom. The van der Waals surface area contributed by atoms with Crippen LogP contribution in [0.4, 0.5) is 8.78 Å². The Hall–Kier alpha value is -0.490. The lowest BCUT2D eigenvalue weighted by Crippen LogP contribution is -2.32. The van der Waals surface area contributed by atoms with Crippen molar-refractivity contribution < 1.29 is 13.6 Å². The summed E-state index contributed by atoms with van der Waals surface area (Å²) in [6, 6.07) is 2.18. The van der Waals surface area contributed by atoms with E-state index in [1.807, 2.05) is 0 Å². The van der Waals surface area contributed by atoms with E-state index >= 15 is 0 Å². The van der Waals surface area contributed by atoms with Crippen LogP contribution in [-0.4, -0.2) is 17.3 Å². The first kappa shape index (κ1) is 15.9. The smallest absolute Gasteiger partial charge is 0.257 e. The zero-order valence-electron chi connectivity index (χ0n) is 10.8. The van der Waals surface area contributed by atoms with E-state index in [1.54, 1.807) is 0 Å². The van der Waals surface area contributed by atoms with Gasteiger partial charge in [-0.3, -0.25) is 4.79 Å². The van der Waals surface area contributed by atoms with Crippen LogP contribution in [0.5, 0.6) is 0 Å². The summed E-state index contributed by atoms with van der Waals surface area (Å²) >= 11 is 6.55. The number of alkyl halides is 1. The molecule has 0 saturated heterocycles. The zero-order chi connectivity index (χ0) is 14.7. The monoisotopic (exact) mass is 409 g/mol. The van der Waals surface area contributed by atoms with Gasteiger partial charge in [0.15, 0.2) is 0 Å². The highest BCUT2D eigenvalue weighted by atomic mass is 79.9. The second-order valence-electron chi connectivity index (χ2n) is 5.07. The molecule has 0 atom stereocenters. The van der Waals surface area contributed by atoms with E-state index < -0.39 is 23.1 Å². The van der Waals surface area contributed by atoms with Gasteiger partial charge in [-0.2, -0.15) is 0 Å². The molecule has 110 valence electrons. The van der Waals surface area contributed by atoms with Crippen LogP contribution in [0.2, 0.25) is 0 Å². The van der Waals surface area contributed by atoms with Gasteiger partial charge in [0.1, 0.15) is 17.2 Å². The summed E-state index contributed by atoms with van der Waals surface area (Å²) in [5.74, 6) is -2.00. The fourth-order valence-corrected chi connectivity index (χ4v) is 3.34. The summed E-state index contributed by atoms with van der Waals surface area (Å²) in [6.07, 6.45) is 4.17. The molecule has 1 aliphatic rings. The van der Waals surface area contributed by atoms with Crippen molar-refractivity contribution in [2.45, 2.75) is 30.5 Å². The second kappa shape index (κ2) is 6.98. The van der Waals surface area contributed by atoms with Crippen molar-refractivity contribution in [2.24, 2.45) is 5.92 Å². The van der Waals surface area contributed by atoms with E-state index in [9.17, 15) is 13.6 Å². The van der Waals surface area contributed by atoms with E-state index in [0.29, 0.717) is 17.3 Å². The molecular formula is C14H15Br2F2NO. The molecule has 1 aliphatic carbocycles. The van der Waals surface area contributed by atoms with Crippen molar-refractivity contribution in [3.8, 4) is 0 Å². The van der Waals surface area contributed by atoms with Crippen molar-refractivity contribution in [2.75, 3.05) is 6.54 Å². The van der Waals surface area contributed by atoms with E-state index in [-0.39, 0.29) is 4.47 Å². The molecule has 0 unspecified atom stereocenters. The molecule has 0 aromatic heterocycles. The molecule has 1 aromatic carbocycles. The first-order valence-corrected chi connectivity index (χ1v) is 8.25. The quantitative estimate of drug-likeness (QED) is 0.734. The zero-order valence-corrected chi connectivity index (χ0v) is 13.9. The van der Waals surface area contributed by atoms with Crippen LogP contribution in [0.3, 0.4) is 0 Å². The van der Waals surface area contributed by atoms with Gasteiger partial charge in [0.05, 0.1) is 0 Å². The Morgan fingerprint density at radius 1 is 1.20 bits per heavy atom. The van der Waals surface area contributed by atoms with Crippen molar-refractivity contribution in [3.63, 3.8) is 0 Å². The van der Waals surface area contributed by atoms with Gasteiger partial charge < -0.3 is 5.32 Å². The average Bonchev–Trinajstić information content (AvgIpc) is 2.37. The van der Waals surface area contributed by atoms with Crippen molar-refractivity contribution in [1.29, 1.82) is 0 Å². The first-order valence-electron chi connectivity index (χ1n) is 6.54. The maximum atomic E-state index is 13.6. The van der Waals surface area contributed by atoms with Crippen LogP contribution in [0.15, 0.2) is 16.6 Å². The highest BCUT2D eigenvalue weighted by molar-refractivity contribution is 9.10. The minimum Gasteiger partial charge on any atom is -0.352 e. The molecule has 1 amide bonds. The normalized spacial score (nSPS) is 22.6. The molecule has 0 heterocycles. The number of rotatable bonds is 3. The molecule has 1 aromatic rings. The van der Waals surface area contributed by atoms with Gasteiger partial charge in [-0.05, 0) is 43.7 Å². The summed E-state index contributed by atoms with van der Waals surface area (Å²) in [6.45, 7) is 0.466. The van der Waals surface area contributed by atoms with Crippen LogP contribution < -0.4 is 5.32 Å². The number of amides is 1. The predicted octanol–water partition coefficient (Wildman–Crippen LogP) is 4.41. The highest BCUT2D eigenvalue weighted by Crippen LogP contribution is 2.28. The van der Waals surface area contributed by atoms with Crippen LogP contribution in [-0.2, 0) is 0 Å². The summed E-state index contributed by atoms with van der Waals surface area (Å²) in [7, 11) is 0. The minimum atomic E-state index is -0.849. The lowest BCUT2D eigenvalue weighted by Gasteiger charge is -2.25. The fourth-order valence-electron chi connectivity index (χ4n) is 2.41. The number of carbonyl (C=O) groups excluding carboxylic acids is 1. The van der Waals surface area contributed by atoms with Crippen molar-refractivity contribution >= 4 is 37.8 Å². The molecule has 1 saturated carbocycles. The van der Waals surface area contributed by atoms with Crippen molar-refractivity contribution in [1.82, 2.24) is 5.32 Å². The molecule has 1 N–H and O–H groups in total. The third-order valence-electron chi connectivity index (χ3n) is 3.56. The largest absolute Gasteiger partial charge is 0.352 e. The summed E-state index contributed by atoms with van der Waals surface area (Å²) in [4.78, 5) is 12.4. The van der Waals surface area contributed by atoms with Crippen LogP contribution >= 0.6 is 31.9 Å². The number of halogens is 4. The molecule has 6 heteroatoms. The number of hydrogen-bond donors (Lipinski definition) is 1. The number of carbonyl (C=O) groups is 1. The lowest BCUT2D eigenvalue weighted by atomic mass is 9.89. The molecule has 0 spiro atoms. The van der Waals surface area contributed by atoms with Crippen molar-refractivity contribution in [3.05, 3.63) is 33.8 Å². The van der Waals surface area contributed by atoms with Crippen LogP contribution in [0.25, 0.3) is 0 Å². The van der Waals surface area contributed by atoms with Crippen LogP contribution in [0.1, 0.15) is 36.0 Å². The molecule has 2 rings (SSSR count). The second-order valence-corrected chi connectivity index (χ2v) is 7.28. The third-order valence-corrected chi connectivity index (χ3v) is 4.94. The van der Waals surface area contributed by atoms with Gasteiger partial charge in [0.2, 0.25) is 0 Å². The fraction of sp³-hybridized carbons (Fsp3) is 0.500. The molecule has 1 fully saturated rings. The third kappa shape index (κ3) is 4.01. The Balaban J connectivity index is 1.95. The Morgan fingerprint density at radius 2 is 1.75 bits per heavy atom. The van der Waals surface area contributed by atoms with Gasteiger partial charge in [0.25, 0.3) is 5.91 Å². The molecule has 2 nitrogen and oxygen atoms in total. The maximum Gasteiger partial charge on any atom is 0.257 e. The summed E-state index contributed by atoms with van der Waals surface area (Å²) in [5, 5.41) is 2.64. The SMILES string of the molecule is O=C(NCC1CCC(Br)CC1)c1c(F)cc(Br)cc1F. The van der Waals surface area contributed by atoms with E-state index in [2.05, 4.69) is 37.2 Å². The van der Waals surface area contributed by atoms with Crippen LogP contribution in [0, 0.1) is 17.6 Å². The van der Waals surface area contributed by atoms with Gasteiger partial charge >= 0.3 is 0 Å². The maximum absolute atomic E-state index is 13.6. The Labute approximate surface area is 133 Å². The molecule has 20 heavy (non-hydrogen) atoms. The topological polar surface area (TPSA) is 29.1 Å². The molecule has 0 aliphatic heterocycles. The first-order chi connectivity index (χ1) is 9.47. The summed E-state index contributed by atoms with van der Waals surface area (Å²) < 4.78 is 27.6. The van der Waals surface area contributed by atoms with Gasteiger partial charge in [-0.25, -0.2) is 8.78 Å². The molecule has 0 radical (unpaired) electrons. The van der Waals surface area contributed by atoms with Gasteiger partial charge in [-0.15, -0.1) is 0 Å². The van der Waals surface area contributed by atoms with Gasteiger partial charge in [-0.1, -0.05) is 31.9 Å². The Bertz CT molecular complexity index is 479. The summed E-state index contributed by atoms with van der Waals surface area (Å²) in [5.41, 5.74) is -0.512.